The highest BCUT2D eigenvalue weighted by Gasteiger charge is 2.18. The Kier molecular flexibility index (Phi) is 3.77. The van der Waals surface area contributed by atoms with Gasteiger partial charge in [-0.1, -0.05) is 29.8 Å². The molecule has 0 aliphatic carbocycles. The number of hydrogen-bond acceptors (Lipinski definition) is 2. The fourth-order valence-electron chi connectivity index (χ4n) is 2.30. The van der Waals surface area contributed by atoms with Gasteiger partial charge in [0, 0.05) is 5.02 Å². The number of alkyl halides is 1. The summed E-state index contributed by atoms with van der Waals surface area (Å²) < 4.78 is 11.1. The van der Waals surface area contributed by atoms with Gasteiger partial charge < -0.3 is 9.47 Å². The van der Waals surface area contributed by atoms with Gasteiger partial charge in [0.05, 0.1) is 5.38 Å². The van der Waals surface area contributed by atoms with Crippen LogP contribution in [0.1, 0.15) is 22.1 Å². The second-order valence-corrected chi connectivity index (χ2v) is 5.56. The van der Waals surface area contributed by atoms with Crippen LogP contribution in [0.25, 0.3) is 0 Å². The molecule has 0 fully saturated rings. The van der Waals surface area contributed by atoms with Crippen molar-refractivity contribution in [3.05, 3.63) is 58.1 Å². The molecule has 2 aromatic rings. The van der Waals surface area contributed by atoms with E-state index in [1.807, 2.05) is 43.3 Å². The summed E-state index contributed by atoms with van der Waals surface area (Å²) in [6.45, 7) is 3.13. The van der Waals surface area contributed by atoms with Gasteiger partial charge in [-0.05, 0) is 41.8 Å². The minimum atomic E-state index is -0.260. The molecule has 0 spiro atoms. The van der Waals surface area contributed by atoms with Crippen molar-refractivity contribution in [3.8, 4) is 11.5 Å². The molecule has 1 aliphatic heterocycles. The van der Waals surface area contributed by atoms with Crippen LogP contribution in [-0.2, 0) is 0 Å². The van der Waals surface area contributed by atoms with E-state index < -0.39 is 0 Å². The van der Waals surface area contributed by atoms with Gasteiger partial charge >= 0.3 is 0 Å². The monoisotopic (exact) mass is 308 g/mol. The number of ether oxygens (including phenoxy) is 2. The van der Waals surface area contributed by atoms with Gasteiger partial charge in [-0.25, -0.2) is 0 Å². The molecule has 0 N–H and O–H groups in total. The van der Waals surface area contributed by atoms with Crippen molar-refractivity contribution >= 4 is 23.2 Å². The molecular formula is C16H14Cl2O2. The maximum Gasteiger partial charge on any atom is 0.161 e. The first-order chi connectivity index (χ1) is 9.66. The third kappa shape index (κ3) is 2.46. The largest absolute Gasteiger partial charge is 0.486 e. The summed E-state index contributed by atoms with van der Waals surface area (Å²) in [5, 5.41) is 0.468. The third-order valence-corrected chi connectivity index (χ3v) is 4.34. The van der Waals surface area contributed by atoms with Crippen LogP contribution in [0, 0.1) is 6.92 Å². The van der Waals surface area contributed by atoms with Crippen LogP contribution >= 0.6 is 23.2 Å². The Hall–Kier alpha value is -1.38. The Labute approximate surface area is 128 Å². The fraction of sp³-hybridized carbons (Fsp3) is 0.250. The van der Waals surface area contributed by atoms with Crippen molar-refractivity contribution in [3.63, 3.8) is 0 Å². The highest BCUT2D eigenvalue weighted by Crippen LogP contribution is 2.38. The first-order valence-corrected chi connectivity index (χ1v) is 7.27. The lowest BCUT2D eigenvalue weighted by atomic mass is 9.99. The molecule has 3 rings (SSSR count). The molecule has 1 aliphatic rings. The topological polar surface area (TPSA) is 18.5 Å². The van der Waals surface area contributed by atoms with Crippen molar-refractivity contribution in [2.24, 2.45) is 0 Å². The van der Waals surface area contributed by atoms with Gasteiger partial charge in [0.25, 0.3) is 0 Å². The zero-order valence-electron chi connectivity index (χ0n) is 11.0. The molecule has 104 valence electrons. The Morgan fingerprint density at radius 3 is 2.60 bits per heavy atom. The molecule has 0 bridgehead atoms. The van der Waals surface area contributed by atoms with E-state index in [1.165, 1.54) is 0 Å². The second kappa shape index (κ2) is 5.55. The lowest BCUT2D eigenvalue weighted by Crippen LogP contribution is -2.15. The molecule has 0 aromatic heterocycles. The van der Waals surface area contributed by atoms with Crippen LogP contribution in [-0.4, -0.2) is 13.2 Å². The summed E-state index contributed by atoms with van der Waals surface area (Å²) in [4.78, 5) is 0. The second-order valence-electron chi connectivity index (χ2n) is 4.72. The van der Waals surface area contributed by atoms with Gasteiger partial charge in [-0.3, -0.25) is 0 Å². The summed E-state index contributed by atoms with van der Waals surface area (Å²) in [6, 6.07) is 11.6. The average molecular weight is 309 g/mol. The minimum Gasteiger partial charge on any atom is -0.486 e. The molecule has 0 amide bonds. The summed E-state index contributed by atoms with van der Waals surface area (Å²) in [6.07, 6.45) is 0. The van der Waals surface area contributed by atoms with Crippen molar-refractivity contribution in [2.75, 3.05) is 13.2 Å². The Bertz CT molecular complexity index is 640. The Balaban J connectivity index is 1.98. The first-order valence-electron chi connectivity index (χ1n) is 6.45. The summed E-state index contributed by atoms with van der Waals surface area (Å²) >= 11 is 12.8. The highest BCUT2D eigenvalue weighted by molar-refractivity contribution is 6.31. The van der Waals surface area contributed by atoms with Gasteiger partial charge in [0.15, 0.2) is 11.5 Å². The van der Waals surface area contributed by atoms with Crippen molar-refractivity contribution in [1.29, 1.82) is 0 Å². The summed E-state index contributed by atoms with van der Waals surface area (Å²) in [5.41, 5.74) is 2.99. The zero-order chi connectivity index (χ0) is 14.1. The lowest BCUT2D eigenvalue weighted by Gasteiger charge is -2.20. The number of hydrogen-bond donors (Lipinski definition) is 0. The van der Waals surface area contributed by atoms with Crippen molar-refractivity contribution in [2.45, 2.75) is 12.3 Å². The molecule has 1 heterocycles. The standard InChI is InChI=1S/C16H14Cl2O2/c1-10-12(3-2-4-13(10)17)16(18)11-5-6-14-15(9-11)20-8-7-19-14/h2-6,9,16H,7-8H2,1H3. The third-order valence-electron chi connectivity index (χ3n) is 3.44. The van der Waals surface area contributed by atoms with Gasteiger partial charge in [-0.2, -0.15) is 0 Å². The van der Waals surface area contributed by atoms with E-state index in [0.29, 0.717) is 13.2 Å². The molecule has 4 heteroatoms. The summed E-state index contributed by atoms with van der Waals surface area (Å²) in [5.74, 6) is 1.52. The van der Waals surface area contributed by atoms with E-state index in [1.54, 1.807) is 0 Å². The molecule has 1 unspecified atom stereocenters. The van der Waals surface area contributed by atoms with Gasteiger partial charge in [0.2, 0.25) is 0 Å². The highest BCUT2D eigenvalue weighted by atomic mass is 35.5. The number of fused-ring (bicyclic) bond motifs is 1. The SMILES string of the molecule is Cc1c(Cl)cccc1C(Cl)c1ccc2c(c1)OCCO2. The maximum atomic E-state index is 6.60. The van der Waals surface area contributed by atoms with Crippen LogP contribution in [0.5, 0.6) is 11.5 Å². The first kappa shape index (κ1) is 13.6. The molecule has 0 saturated carbocycles. The Morgan fingerprint density at radius 2 is 1.80 bits per heavy atom. The molecular weight excluding hydrogens is 295 g/mol. The van der Waals surface area contributed by atoms with Crippen LogP contribution in [0.2, 0.25) is 5.02 Å². The zero-order valence-corrected chi connectivity index (χ0v) is 12.5. The van der Waals surface area contributed by atoms with Crippen molar-refractivity contribution < 1.29 is 9.47 Å². The lowest BCUT2D eigenvalue weighted by molar-refractivity contribution is 0.171. The fourth-order valence-corrected chi connectivity index (χ4v) is 2.85. The smallest absolute Gasteiger partial charge is 0.161 e. The van der Waals surface area contributed by atoms with Crippen LogP contribution in [0.15, 0.2) is 36.4 Å². The van der Waals surface area contributed by atoms with E-state index in [4.69, 9.17) is 32.7 Å². The van der Waals surface area contributed by atoms with Crippen LogP contribution in [0.4, 0.5) is 0 Å². The molecule has 20 heavy (non-hydrogen) atoms. The van der Waals surface area contributed by atoms with E-state index in [0.717, 1.165) is 33.2 Å². The molecule has 2 nitrogen and oxygen atoms in total. The Morgan fingerprint density at radius 1 is 1.05 bits per heavy atom. The molecule has 0 saturated heterocycles. The summed E-state index contributed by atoms with van der Waals surface area (Å²) in [7, 11) is 0. The van der Waals surface area contributed by atoms with E-state index >= 15 is 0 Å². The number of benzene rings is 2. The number of rotatable bonds is 2. The number of halogens is 2. The van der Waals surface area contributed by atoms with Crippen LogP contribution in [0.3, 0.4) is 0 Å². The predicted molar refractivity (Wildman–Crippen MR) is 81.3 cm³/mol. The van der Waals surface area contributed by atoms with E-state index in [2.05, 4.69) is 0 Å². The normalized spacial score (nSPS) is 14.9. The average Bonchev–Trinajstić information content (AvgIpc) is 2.49. The van der Waals surface area contributed by atoms with Crippen molar-refractivity contribution in [1.82, 2.24) is 0 Å². The molecule has 1 atom stereocenters. The van der Waals surface area contributed by atoms with E-state index in [-0.39, 0.29) is 5.38 Å². The quantitative estimate of drug-likeness (QED) is 0.745. The predicted octanol–water partition coefficient (Wildman–Crippen LogP) is 4.75. The molecule has 2 aromatic carbocycles. The molecule has 0 radical (unpaired) electrons. The van der Waals surface area contributed by atoms with Crippen LogP contribution < -0.4 is 9.47 Å². The van der Waals surface area contributed by atoms with E-state index in [9.17, 15) is 0 Å². The van der Waals surface area contributed by atoms with Gasteiger partial charge in [-0.15, -0.1) is 11.6 Å². The van der Waals surface area contributed by atoms with Gasteiger partial charge in [0.1, 0.15) is 13.2 Å². The maximum absolute atomic E-state index is 6.60. The minimum absolute atomic E-state index is 0.260.